The highest BCUT2D eigenvalue weighted by atomic mass is 14.7. The van der Waals surface area contributed by atoms with Gasteiger partial charge in [0.1, 0.15) is 0 Å². The van der Waals surface area contributed by atoms with Crippen LogP contribution in [0.1, 0.15) is 30.9 Å². The summed E-state index contributed by atoms with van der Waals surface area (Å²) >= 11 is 0. The number of hydrogen-bond donors (Lipinski definition) is 2. The van der Waals surface area contributed by atoms with Gasteiger partial charge in [0, 0.05) is 0 Å². The SMILES string of the molecule is CCCCc1ccc(N)c(N)c1C. The number of nitrogen functional groups attached to an aromatic ring is 2. The van der Waals surface area contributed by atoms with Gasteiger partial charge in [-0.1, -0.05) is 19.4 Å². The summed E-state index contributed by atoms with van der Waals surface area (Å²) in [6, 6.07) is 3.98. The standard InChI is InChI=1S/C11H18N2/c1-3-4-5-9-6-7-10(12)11(13)8(9)2/h6-7H,3-5,12-13H2,1-2H3. The molecule has 13 heavy (non-hydrogen) atoms. The summed E-state index contributed by atoms with van der Waals surface area (Å²) in [6.45, 7) is 4.23. The van der Waals surface area contributed by atoms with Crippen LogP contribution in [0.3, 0.4) is 0 Å². The van der Waals surface area contributed by atoms with E-state index >= 15 is 0 Å². The lowest BCUT2D eigenvalue weighted by atomic mass is 10.0. The number of unbranched alkanes of at least 4 members (excludes halogenated alkanes) is 1. The summed E-state index contributed by atoms with van der Waals surface area (Å²) in [4.78, 5) is 0. The van der Waals surface area contributed by atoms with E-state index in [2.05, 4.69) is 13.0 Å². The topological polar surface area (TPSA) is 52.0 Å². The van der Waals surface area contributed by atoms with Gasteiger partial charge in [-0.2, -0.15) is 0 Å². The number of aryl methyl sites for hydroxylation is 1. The quantitative estimate of drug-likeness (QED) is 0.699. The van der Waals surface area contributed by atoms with Crippen LogP contribution in [0.15, 0.2) is 12.1 Å². The highest BCUT2D eigenvalue weighted by molar-refractivity contribution is 5.68. The van der Waals surface area contributed by atoms with Crippen LogP contribution in [0.5, 0.6) is 0 Å². The van der Waals surface area contributed by atoms with Crippen molar-refractivity contribution in [3.8, 4) is 0 Å². The van der Waals surface area contributed by atoms with Crippen molar-refractivity contribution in [3.63, 3.8) is 0 Å². The van der Waals surface area contributed by atoms with Gasteiger partial charge in [0.15, 0.2) is 0 Å². The number of benzene rings is 1. The van der Waals surface area contributed by atoms with Crippen LogP contribution in [0.25, 0.3) is 0 Å². The second-order valence-corrected chi connectivity index (χ2v) is 3.46. The first kappa shape index (κ1) is 9.90. The molecule has 0 aliphatic heterocycles. The zero-order valence-electron chi connectivity index (χ0n) is 8.43. The molecule has 0 aliphatic carbocycles. The zero-order valence-corrected chi connectivity index (χ0v) is 8.43. The molecule has 0 aliphatic rings. The van der Waals surface area contributed by atoms with Gasteiger partial charge in [-0.25, -0.2) is 0 Å². The Kier molecular flexibility index (Phi) is 3.18. The summed E-state index contributed by atoms with van der Waals surface area (Å²) < 4.78 is 0. The van der Waals surface area contributed by atoms with Crippen LogP contribution < -0.4 is 11.5 Å². The Labute approximate surface area is 79.9 Å². The largest absolute Gasteiger partial charge is 0.397 e. The molecule has 1 aromatic rings. The van der Waals surface area contributed by atoms with Gasteiger partial charge in [0.2, 0.25) is 0 Å². The van der Waals surface area contributed by atoms with Gasteiger partial charge in [-0.05, 0) is 37.0 Å². The molecule has 0 saturated carbocycles. The summed E-state index contributed by atoms with van der Waals surface area (Å²) in [7, 11) is 0. The third-order valence-electron chi connectivity index (χ3n) is 2.46. The number of rotatable bonds is 3. The van der Waals surface area contributed by atoms with E-state index in [1.807, 2.05) is 13.0 Å². The molecule has 0 aromatic heterocycles. The summed E-state index contributed by atoms with van der Waals surface area (Å²) in [5, 5.41) is 0. The molecule has 0 bridgehead atoms. The second kappa shape index (κ2) is 4.17. The molecule has 0 saturated heterocycles. The van der Waals surface area contributed by atoms with Crippen molar-refractivity contribution in [2.24, 2.45) is 0 Å². The molecule has 72 valence electrons. The van der Waals surface area contributed by atoms with Crippen molar-refractivity contribution in [1.29, 1.82) is 0 Å². The van der Waals surface area contributed by atoms with Gasteiger partial charge < -0.3 is 11.5 Å². The predicted octanol–water partition coefficient (Wildman–Crippen LogP) is 2.50. The van der Waals surface area contributed by atoms with Crippen molar-refractivity contribution in [2.75, 3.05) is 11.5 Å². The van der Waals surface area contributed by atoms with Crippen LogP contribution >= 0.6 is 0 Å². The van der Waals surface area contributed by atoms with Crippen molar-refractivity contribution >= 4 is 11.4 Å². The highest BCUT2D eigenvalue weighted by Gasteiger charge is 2.03. The van der Waals surface area contributed by atoms with Gasteiger partial charge in [-0.3, -0.25) is 0 Å². The minimum absolute atomic E-state index is 0.692. The predicted molar refractivity (Wildman–Crippen MR) is 58.6 cm³/mol. The average Bonchev–Trinajstić information content (AvgIpc) is 2.13. The van der Waals surface area contributed by atoms with Crippen LogP contribution in [0, 0.1) is 6.92 Å². The molecule has 2 nitrogen and oxygen atoms in total. The maximum absolute atomic E-state index is 5.83. The Hall–Kier alpha value is -1.18. The molecule has 1 rings (SSSR count). The van der Waals surface area contributed by atoms with E-state index in [1.54, 1.807) is 0 Å². The lowest BCUT2D eigenvalue weighted by Gasteiger charge is -2.09. The fourth-order valence-electron chi connectivity index (χ4n) is 1.43. The summed E-state index contributed by atoms with van der Waals surface area (Å²) in [5.74, 6) is 0. The lowest BCUT2D eigenvalue weighted by Crippen LogP contribution is -2.00. The van der Waals surface area contributed by atoms with Crippen molar-refractivity contribution < 1.29 is 0 Å². The van der Waals surface area contributed by atoms with E-state index in [9.17, 15) is 0 Å². The molecule has 1 aromatic carbocycles. The van der Waals surface area contributed by atoms with E-state index in [0.29, 0.717) is 5.69 Å². The van der Waals surface area contributed by atoms with Crippen molar-refractivity contribution in [3.05, 3.63) is 23.3 Å². The van der Waals surface area contributed by atoms with E-state index in [1.165, 1.54) is 18.4 Å². The van der Waals surface area contributed by atoms with Crippen LogP contribution in [-0.4, -0.2) is 0 Å². The number of anilines is 2. The Morgan fingerprint density at radius 2 is 1.92 bits per heavy atom. The lowest BCUT2D eigenvalue weighted by molar-refractivity contribution is 0.792. The second-order valence-electron chi connectivity index (χ2n) is 3.46. The number of nitrogens with two attached hydrogens (primary N) is 2. The third-order valence-corrected chi connectivity index (χ3v) is 2.46. The molecule has 4 N–H and O–H groups in total. The van der Waals surface area contributed by atoms with Crippen LogP contribution in [0.2, 0.25) is 0 Å². The number of hydrogen-bond acceptors (Lipinski definition) is 2. The minimum atomic E-state index is 0.692. The fourth-order valence-corrected chi connectivity index (χ4v) is 1.43. The first-order valence-electron chi connectivity index (χ1n) is 4.80. The molecule has 0 radical (unpaired) electrons. The van der Waals surface area contributed by atoms with Crippen molar-refractivity contribution in [2.45, 2.75) is 33.1 Å². The van der Waals surface area contributed by atoms with Gasteiger partial charge >= 0.3 is 0 Å². The van der Waals surface area contributed by atoms with E-state index in [-0.39, 0.29) is 0 Å². The van der Waals surface area contributed by atoms with Gasteiger partial charge in [0.25, 0.3) is 0 Å². The smallest absolute Gasteiger partial charge is 0.0580 e. The molecule has 2 heteroatoms. The summed E-state index contributed by atoms with van der Waals surface area (Å²) in [6.07, 6.45) is 3.53. The van der Waals surface area contributed by atoms with E-state index in [4.69, 9.17) is 11.5 Å². The van der Waals surface area contributed by atoms with E-state index < -0.39 is 0 Å². The Bertz CT molecular complexity index is 292. The highest BCUT2D eigenvalue weighted by Crippen LogP contribution is 2.23. The Morgan fingerprint density at radius 3 is 2.54 bits per heavy atom. The molecular formula is C11H18N2. The van der Waals surface area contributed by atoms with Gasteiger partial charge in [-0.15, -0.1) is 0 Å². The monoisotopic (exact) mass is 178 g/mol. The molecule has 0 unspecified atom stereocenters. The van der Waals surface area contributed by atoms with Crippen LogP contribution in [0.4, 0.5) is 11.4 Å². The zero-order chi connectivity index (χ0) is 9.84. The first-order valence-corrected chi connectivity index (χ1v) is 4.80. The Morgan fingerprint density at radius 1 is 1.23 bits per heavy atom. The summed E-state index contributed by atoms with van der Waals surface area (Å²) in [5.41, 5.74) is 15.4. The maximum Gasteiger partial charge on any atom is 0.0580 e. The molecule has 0 heterocycles. The molecule has 0 atom stereocenters. The average molecular weight is 178 g/mol. The molecular weight excluding hydrogens is 160 g/mol. The fraction of sp³-hybridized carbons (Fsp3) is 0.455. The Balaban J connectivity index is 2.90. The molecule has 0 spiro atoms. The molecule has 0 amide bonds. The van der Waals surface area contributed by atoms with Crippen molar-refractivity contribution in [1.82, 2.24) is 0 Å². The van der Waals surface area contributed by atoms with Gasteiger partial charge in [0.05, 0.1) is 11.4 Å². The van der Waals surface area contributed by atoms with Crippen LogP contribution in [-0.2, 0) is 6.42 Å². The maximum atomic E-state index is 5.83. The minimum Gasteiger partial charge on any atom is -0.397 e. The first-order chi connectivity index (χ1) is 6.16. The third kappa shape index (κ3) is 2.14. The van der Waals surface area contributed by atoms with E-state index in [0.717, 1.165) is 17.7 Å². The molecule has 0 fully saturated rings. The normalized spacial score (nSPS) is 10.3.